The Bertz CT molecular complexity index is 1610. The van der Waals surface area contributed by atoms with Crippen molar-refractivity contribution in [2.75, 3.05) is 15.8 Å². The van der Waals surface area contributed by atoms with E-state index in [4.69, 9.17) is 16.0 Å². The van der Waals surface area contributed by atoms with Crippen LogP contribution in [0.25, 0.3) is 0 Å². The van der Waals surface area contributed by atoms with E-state index in [9.17, 15) is 18.0 Å². The number of carbonyl (C=O) groups is 2. The van der Waals surface area contributed by atoms with Crippen molar-refractivity contribution in [3.63, 3.8) is 0 Å². The number of nitrogens with zero attached hydrogens (tertiary/aromatic N) is 1. The minimum Gasteiger partial charge on any atom is -0.467 e. The van der Waals surface area contributed by atoms with Crippen LogP contribution >= 0.6 is 23.4 Å². The number of aryl methyl sites for hydroxylation is 1. The maximum Gasteiger partial charge on any atom is 0.261 e. The Morgan fingerprint density at radius 2 is 1.77 bits per heavy atom. The zero-order valence-electron chi connectivity index (χ0n) is 20.8. The Morgan fingerprint density at radius 3 is 2.44 bits per heavy atom. The van der Waals surface area contributed by atoms with Crippen LogP contribution in [0, 0.1) is 6.92 Å². The van der Waals surface area contributed by atoms with Gasteiger partial charge in [-0.15, -0.1) is 11.8 Å². The zero-order valence-corrected chi connectivity index (χ0v) is 23.1. The second kappa shape index (κ2) is 11.2. The third kappa shape index (κ3) is 6.13. The molecule has 0 radical (unpaired) electrons. The molecule has 0 spiro atoms. The first-order valence-electron chi connectivity index (χ1n) is 11.9. The number of carbonyl (C=O) groups excluding carboxylic acids is 2. The Morgan fingerprint density at radius 1 is 1.05 bits per heavy atom. The summed E-state index contributed by atoms with van der Waals surface area (Å²) in [5, 5.41) is 3.07. The molecule has 0 aliphatic carbocycles. The van der Waals surface area contributed by atoms with Crippen molar-refractivity contribution in [3.05, 3.63) is 113 Å². The van der Waals surface area contributed by atoms with Crippen molar-refractivity contribution in [3.8, 4) is 0 Å². The maximum absolute atomic E-state index is 12.8. The number of halogens is 1. The molecule has 1 fully saturated rings. The van der Waals surface area contributed by atoms with Crippen LogP contribution in [0.2, 0.25) is 5.02 Å². The molecular weight excluding hydrogens is 558 g/mol. The molecule has 1 aromatic heterocycles. The number of sulfonamides is 1. The number of furan rings is 1. The van der Waals surface area contributed by atoms with Crippen LogP contribution in [0.15, 0.2) is 94.4 Å². The van der Waals surface area contributed by atoms with Crippen molar-refractivity contribution in [1.29, 1.82) is 0 Å². The maximum atomic E-state index is 12.8. The average molecular weight is 582 g/mol. The van der Waals surface area contributed by atoms with Gasteiger partial charge in [0.05, 0.1) is 29.1 Å². The summed E-state index contributed by atoms with van der Waals surface area (Å²) in [6.45, 7) is 2.21. The molecule has 4 aromatic rings. The second-order valence-corrected chi connectivity index (χ2v) is 12.1. The number of hydrogen-bond donors (Lipinski definition) is 2. The van der Waals surface area contributed by atoms with Gasteiger partial charge in [0, 0.05) is 16.3 Å². The molecule has 200 valence electrons. The quantitative estimate of drug-likeness (QED) is 0.261. The lowest BCUT2D eigenvalue weighted by Crippen LogP contribution is -2.27. The first kappa shape index (κ1) is 26.9. The van der Waals surface area contributed by atoms with Gasteiger partial charge in [-0.1, -0.05) is 29.8 Å². The summed E-state index contributed by atoms with van der Waals surface area (Å²) in [4.78, 5) is 27.0. The summed E-state index contributed by atoms with van der Waals surface area (Å²) in [7, 11) is -3.84. The van der Waals surface area contributed by atoms with Gasteiger partial charge in [0.15, 0.2) is 0 Å². The van der Waals surface area contributed by atoms with E-state index in [1.54, 1.807) is 47.6 Å². The third-order valence-electron chi connectivity index (χ3n) is 6.18. The predicted octanol–water partition coefficient (Wildman–Crippen LogP) is 6.07. The van der Waals surface area contributed by atoms with Gasteiger partial charge in [-0.2, -0.15) is 0 Å². The topological polar surface area (TPSA) is 109 Å². The van der Waals surface area contributed by atoms with E-state index in [0.717, 1.165) is 11.1 Å². The Balaban J connectivity index is 1.23. The molecule has 11 heteroatoms. The highest BCUT2D eigenvalue weighted by atomic mass is 35.5. The van der Waals surface area contributed by atoms with E-state index in [2.05, 4.69) is 10.0 Å². The monoisotopic (exact) mass is 581 g/mol. The zero-order chi connectivity index (χ0) is 27.6. The smallest absolute Gasteiger partial charge is 0.261 e. The number of amides is 2. The second-order valence-electron chi connectivity index (χ2n) is 8.93. The van der Waals surface area contributed by atoms with E-state index in [1.807, 2.05) is 25.1 Å². The molecule has 1 aliphatic rings. The van der Waals surface area contributed by atoms with Crippen LogP contribution in [0.5, 0.6) is 0 Å². The lowest BCUT2D eigenvalue weighted by Gasteiger charge is -2.23. The van der Waals surface area contributed by atoms with Gasteiger partial charge in [-0.25, -0.2) is 8.42 Å². The van der Waals surface area contributed by atoms with Gasteiger partial charge < -0.3 is 14.6 Å². The van der Waals surface area contributed by atoms with Crippen LogP contribution < -0.4 is 10.0 Å². The molecule has 5 rings (SSSR count). The van der Waals surface area contributed by atoms with E-state index in [1.165, 1.54) is 36.0 Å². The summed E-state index contributed by atoms with van der Waals surface area (Å²) in [5.74, 6) is 0.785. The van der Waals surface area contributed by atoms with Crippen LogP contribution in [0.4, 0.5) is 11.4 Å². The summed E-state index contributed by atoms with van der Waals surface area (Å²) in [5.41, 5.74) is 2.99. The molecule has 1 saturated heterocycles. The lowest BCUT2D eigenvalue weighted by molar-refractivity contribution is -0.128. The van der Waals surface area contributed by atoms with Crippen molar-refractivity contribution in [1.82, 2.24) is 4.90 Å². The van der Waals surface area contributed by atoms with Gasteiger partial charge in [0.25, 0.3) is 15.9 Å². The number of rotatable bonds is 8. The average Bonchev–Trinajstić information content (AvgIpc) is 3.57. The normalized spacial score (nSPS) is 15.4. The first-order valence-corrected chi connectivity index (χ1v) is 14.8. The fourth-order valence-electron chi connectivity index (χ4n) is 4.06. The van der Waals surface area contributed by atoms with Gasteiger partial charge in [0.2, 0.25) is 5.91 Å². The van der Waals surface area contributed by atoms with Crippen LogP contribution in [0.3, 0.4) is 0 Å². The first-order chi connectivity index (χ1) is 18.7. The number of thioether (sulfide) groups is 1. The highest BCUT2D eigenvalue weighted by molar-refractivity contribution is 8.00. The minimum atomic E-state index is -3.84. The van der Waals surface area contributed by atoms with Crippen molar-refractivity contribution in [2.45, 2.75) is 23.7 Å². The molecule has 1 aliphatic heterocycles. The van der Waals surface area contributed by atoms with E-state index >= 15 is 0 Å². The van der Waals surface area contributed by atoms with E-state index in [-0.39, 0.29) is 22.1 Å². The fraction of sp³-hybridized carbons (Fsp3) is 0.143. The standard InChI is InChI=1S/C28H24ClN3O5S2/c1-18-4-9-22(15-25(18)29)31-39(35,36)24-12-10-21(11-13-24)30-27(34)19-5-7-20(8-6-19)28-32(26(33)17-38-28)16-23-3-2-14-37-23/h2-15,28,31H,16-17H2,1H3,(H,30,34)/t28-/m0/s1. The molecule has 2 N–H and O–H groups in total. The molecule has 0 unspecified atom stereocenters. The molecule has 2 amide bonds. The lowest BCUT2D eigenvalue weighted by atomic mass is 10.1. The van der Waals surface area contributed by atoms with Crippen molar-refractivity contribution >= 4 is 56.6 Å². The summed E-state index contributed by atoms with van der Waals surface area (Å²) in [6.07, 6.45) is 1.58. The summed E-state index contributed by atoms with van der Waals surface area (Å²) in [6, 6.07) is 21.5. The van der Waals surface area contributed by atoms with E-state index < -0.39 is 10.0 Å². The summed E-state index contributed by atoms with van der Waals surface area (Å²) >= 11 is 7.62. The molecule has 0 bridgehead atoms. The molecule has 3 aromatic carbocycles. The number of benzene rings is 3. The molecule has 1 atom stereocenters. The number of nitrogens with one attached hydrogen (secondary N) is 2. The van der Waals surface area contributed by atoms with Gasteiger partial charge in [0.1, 0.15) is 11.1 Å². The van der Waals surface area contributed by atoms with Crippen LogP contribution in [-0.2, 0) is 21.4 Å². The van der Waals surface area contributed by atoms with Gasteiger partial charge in [-0.05, 0) is 78.7 Å². The third-order valence-corrected chi connectivity index (χ3v) is 9.24. The largest absolute Gasteiger partial charge is 0.467 e. The molecule has 39 heavy (non-hydrogen) atoms. The van der Waals surface area contributed by atoms with E-state index in [0.29, 0.717) is 40.0 Å². The molecule has 0 saturated carbocycles. The van der Waals surface area contributed by atoms with Gasteiger partial charge >= 0.3 is 0 Å². The minimum absolute atomic E-state index is 0.0338. The summed E-state index contributed by atoms with van der Waals surface area (Å²) < 4.78 is 33.4. The molecular formula is C28H24ClN3O5S2. The molecule has 2 heterocycles. The van der Waals surface area contributed by atoms with Crippen LogP contribution in [-0.4, -0.2) is 30.9 Å². The van der Waals surface area contributed by atoms with Gasteiger partial charge in [-0.3, -0.25) is 14.3 Å². The number of anilines is 2. The molecule has 8 nitrogen and oxygen atoms in total. The number of hydrogen-bond acceptors (Lipinski definition) is 6. The van der Waals surface area contributed by atoms with Crippen LogP contribution in [0.1, 0.15) is 32.6 Å². The van der Waals surface area contributed by atoms with Crippen molar-refractivity contribution < 1.29 is 22.4 Å². The Labute approximate surface area is 235 Å². The highest BCUT2D eigenvalue weighted by Gasteiger charge is 2.33. The fourth-order valence-corrected chi connectivity index (χ4v) is 6.48. The Kier molecular flexibility index (Phi) is 7.69. The SMILES string of the molecule is Cc1ccc(NS(=O)(=O)c2ccc(NC(=O)c3ccc([C@@H]4SCC(=O)N4Cc4ccco4)cc3)cc2)cc1Cl. The Hall–Kier alpha value is -3.73. The highest BCUT2D eigenvalue weighted by Crippen LogP contribution is 2.39. The predicted molar refractivity (Wildman–Crippen MR) is 152 cm³/mol. The van der Waals surface area contributed by atoms with Crippen molar-refractivity contribution in [2.24, 2.45) is 0 Å².